The molecule has 2 aromatic rings. The van der Waals surface area contributed by atoms with Crippen LogP contribution in [-0.2, 0) is 22.6 Å². The highest BCUT2D eigenvalue weighted by Gasteiger charge is 2.14. The summed E-state index contributed by atoms with van der Waals surface area (Å²) in [5.41, 5.74) is 8.25. The normalized spacial score (nSPS) is 11.4. The molecule has 5 nitrogen and oxygen atoms in total. The van der Waals surface area contributed by atoms with Crippen LogP contribution in [0.3, 0.4) is 0 Å². The first-order chi connectivity index (χ1) is 11.5. The number of carbonyl (C=O) groups excluding carboxylic acids is 1. The molecule has 2 rings (SSSR count). The molecule has 0 fully saturated rings. The lowest BCUT2D eigenvalue weighted by Crippen LogP contribution is -2.37. The highest BCUT2D eigenvalue weighted by atomic mass is 35.5. The highest BCUT2D eigenvalue weighted by Crippen LogP contribution is 2.08. The molecule has 0 spiro atoms. The first kappa shape index (κ1) is 21.0. The van der Waals surface area contributed by atoms with Gasteiger partial charge in [0.25, 0.3) is 0 Å². The summed E-state index contributed by atoms with van der Waals surface area (Å²) in [6.45, 7) is 0.873. The van der Waals surface area contributed by atoms with Crippen LogP contribution in [0, 0.1) is 0 Å². The maximum absolute atomic E-state index is 12.2. The smallest absolute Gasteiger partial charge is 0.226 e. The molecule has 0 bridgehead atoms. The molecular weight excluding hydrogens is 340 g/mol. The van der Waals surface area contributed by atoms with Crippen molar-refractivity contribution >= 4 is 24.0 Å². The van der Waals surface area contributed by atoms with Crippen molar-refractivity contribution in [3.63, 3.8) is 0 Å². The van der Waals surface area contributed by atoms with Crippen molar-refractivity contribution in [3.05, 3.63) is 65.7 Å². The SMILES string of the molecule is CN(CC(O)COCc1ccccc1)C(=O)Cc1ccc(N)cc1.Cl. The van der Waals surface area contributed by atoms with Gasteiger partial charge in [-0.05, 0) is 23.3 Å². The molecule has 0 saturated heterocycles. The number of hydrogen-bond donors (Lipinski definition) is 2. The van der Waals surface area contributed by atoms with E-state index < -0.39 is 6.10 Å². The van der Waals surface area contributed by atoms with Gasteiger partial charge in [0.15, 0.2) is 0 Å². The van der Waals surface area contributed by atoms with Crippen molar-refractivity contribution in [2.24, 2.45) is 0 Å². The Hall–Kier alpha value is -2.08. The number of carbonyl (C=O) groups is 1. The topological polar surface area (TPSA) is 75.8 Å². The van der Waals surface area contributed by atoms with Crippen LogP contribution in [-0.4, -0.2) is 42.2 Å². The number of likely N-dealkylation sites (N-methyl/N-ethyl adjacent to an activating group) is 1. The fraction of sp³-hybridized carbons (Fsp3) is 0.316. The third-order valence-electron chi connectivity index (χ3n) is 3.67. The number of nitrogens with two attached hydrogens (primary N) is 1. The molecule has 136 valence electrons. The summed E-state index contributed by atoms with van der Waals surface area (Å²) < 4.78 is 5.49. The van der Waals surface area contributed by atoms with Crippen LogP contribution in [0.15, 0.2) is 54.6 Å². The van der Waals surface area contributed by atoms with Gasteiger partial charge in [-0.1, -0.05) is 42.5 Å². The van der Waals surface area contributed by atoms with Crippen LogP contribution in [0.2, 0.25) is 0 Å². The van der Waals surface area contributed by atoms with Gasteiger partial charge in [0.2, 0.25) is 5.91 Å². The van der Waals surface area contributed by atoms with E-state index in [1.807, 2.05) is 42.5 Å². The molecule has 0 radical (unpaired) electrons. The first-order valence-corrected chi connectivity index (χ1v) is 7.92. The van der Waals surface area contributed by atoms with Gasteiger partial charge in [0.05, 0.1) is 25.7 Å². The van der Waals surface area contributed by atoms with E-state index >= 15 is 0 Å². The lowest BCUT2D eigenvalue weighted by atomic mass is 10.1. The van der Waals surface area contributed by atoms with Crippen molar-refractivity contribution in [3.8, 4) is 0 Å². The Balaban J connectivity index is 0.00000312. The van der Waals surface area contributed by atoms with Crippen molar-refractivity contribution < 1.29 is 14.6 Å². The largest absolute Gasteiger partial charge is 0.399 e. The zero-order chi connectivity index (χ0) is 17.4. The van der Waals surface area contributed by atoms with E-state index in [-0.39, 0.29) is 37.9 Å². The second-order valence-electron chi connectivity index (χ2n) is 5.85. The van der Waals surface area contributed by atoms with Gasteiger partial charge in [-0.2, -0.15) is 0 Å². The molecule has 2 aromatic carbocycles. The lowest BCUT2D eigenvalue weighted by molar-refractivity contribution is -0.131. The number of aliphatic hydroxyl groups is 1. The van der Waals surface area contributed by atoms with Crippen LogP contribution in [0.1, 0.15) is 11.1 Å². The van der Waals surface area contributed by atoms with Crippen molar-refractivity contribution in [1.29, 1.82) is 0 Å². The summed E-state index contributed by atoms with van der Waals surface area (Å²) in [5.74, 6) is -0.0538. The average Bonchev–Trinajstić information content (AvgIpc) is 2.58. The number of rotatable bonds is 8. The molecule has 0 aliphatic carbocycles. The van der Waals surface area contributed by atoms with E-state index in [1.54, 1.807) is 19.2 Å². The second kappa shape index (κ2) is 10.7. The standard InChI is InChI=1S/C19H24N2O3.ClH/c1-21(19(23)11-15-7-9-17(20)10-8-15)12-18(22)14-24-13-16-5-3-2-4-6-16;/h2-10,18,22H,11-14,20H2,1H3;1H. The molecule has 0 aromatic heterocycles. The molecule has 6 heteroatoms. The third kappa shape index (κ3) is 7.56. The summed E-state index contributed by atoms with van der Waals surface area (Å²) in [6, 6.07) is 17.0. The monoisotopic (exact) mass is 364 g/mol. The Morgan fingerprint density at radius 2 is 1.76 bits per heavy atom. The fourth-order valence-corrected chi connectivity index (χ4v) is 2.30. The number of nitrogen functional groups attached to an aromatic ring is 1. The summed E-state index contributed by atoms with van der Waals surface area (Å²) in [6.07, 6.45) is -0.428. The van der Waals surface area contributed by atoms with E-state index in [0.29, 0.717) is 12.3 Å². The van der Waals surface area contributed by atoms with E-state index in [9.17, 15) is 9.90 Å². The van der Waals surface area contributed by atoms with Gasteiger partial charge in [-0.25, -0.2) is 0 Å². The molecule has 3 N–H and O–H groups in total. The van der Waals surface area contributed by atoms with Gasteiger partial charge in [-0.15, -0.1) is 12.4 Å². The number of anilines is 1. The number of hydrogen-bond acceptors (Lipinski definition) is 4. The summed E-state index contributed by atoms with van der Waals surface area (Å²) >= 11 is 0. The van der Waals surface area contributed by atoms with Crippen LogP contribution in [0.5, 0.6) is 0 Å². The Kier molecular flexibility index (Phi) is 8.99. The number of halogens is 1. The Morgan fingerprint density at radius 3 is 2.40 bits per heavy atom. The van der Waals surface area contributed by atoms with E-state index in [2.05, 4.69) is 0 Å². The van der Waals surface area contributed by atoms with Gasteiger partial charge >= 0.3 is 0 Å². The molecule has 1 atom stereocenters. The number of nitrogens with zero attached hydrogens (tertiary/aromatic N) is 1. The van der Waals surface area contributed by atoms with Crippen LogP contribution >= 0.6 is 12.4 Å². The Bertz CT molecular complexity index is 635. The van der Waals surface area contributed by atoms with Crippen molar-refractivity contribution in [1.82, 2.24) is 4.90 Å². The zero-order valence-corrected chi connectivity index (χ0v) is 15.1. The van der Waals surface area contributed by atoms with Crippen LogP contribution < -0.4 is 5.73 Å². The molecule has 1 amide bonds. The maximum Gasteiger partial charge on any atom is 0.226 e. The third-order valence-corrected chi connectivity index (χ3v) is 3.67. The summed E-state index contributed by atoms with van der Waals surface area (Å²) in [5, 5.41) is 10.0. The lowest BCUT2D eigenvalue weighted by Gasteiger charge is -2.21. The minimum absolute atomic E-state index is 0. The van der Waals surface area contributed by atoms with Gasteiger partial charge in [0, 0.05) is 19.3 Å². The predicted molar refractivity (Wildman–Crippen MR) is 102 cm³/mol. The number of benzene rings is 2. The quantitative estimate of drug-likeness (QED) is 0.704. The summed E-state index contributed by atoms with van der Waals surface area (Å²) in [7, 11) is 1.68. The Morgan fingerprint density at radius 1 is 1.12 bits per heavy atom. The molecule has 25 heavy (non-hydrogen) atoms. The van der Waals surface area contributed by atoms with E-state index in [1.165, 1.54) is 4.90 Å². The van der Waals surface area contributed by atoms with E-state index in [4.69, 9.17) is 10.5 Å². The molecule has 0 aliphatic heterocycles. The minimum atomic E-state index is -0.714. The maximum atomic E-state index is 12.2. The zero-order valence-electron chi connectivity index (χ0n) is 14.3. The molecule has 0 saturated carbocycles. The second-order valence-corrected chi connectivity index (χ2v) is 5.85. The number of ether oxygens (including phenoxy) is 1. The van der Waals surface area contributed by atoms with Crippen LogP contribution in [0.4, 0.5) is 5.69 Å². The molecule has 1 unspecified atom stereocenters. The molecular formula is C19H25ClN2O3. The molecule has 0 aliphatic rings. The van der Waals surface area contributed by atoms with Gasteiger partial charge in [0.1, 0.15) is 0 Å². The van der Waals surface area contributed by atoms with Crippen molar-refractivity contribution in [2.45, 2.75) is 19.1 Å². The van der Waals surface area contributed by atoms with Gasteiger partial charge in [-0.3, -0.25) is 4.79 Å². The fourth-order valence-electron chi connectivity index (χ4n) is 2.30. The molecule has 0 heterocycles. The van der Waals surface area contributed by atoms with Crippen molar-refractivity contribution in [2.75, 3.05) is 25.9 Å². The minimum Gasteiger partial charge on any atom is -0.399 e. The predicted octanol–water partition coefficient (Wildman–Crippen LogP) is 2.27. The highest BCUT2D eigenvalue weighted by molar-refractivity contribution is 5.85. The average molecular weight is 365 g/mol. The number of amides is 1. The summed E-state index contributed by atoms with van der Waals surface area (Å²) in [4.78, 5) is 13.7. The van der Waals surface area contributed by atoms with Crippen LogP contribution in [0.25, 0.3) is 0 Å². The first-order valence-electron chi connectivity index (χ1n) is 7.92. The van der Waals surface area contributed by atoms with E-state index in [0.717, 1.165) is 11.1 Å². The van der Waals surface area contributed by atoms with Gasteiger partial charge < -0.3 is 20.5 Å². The Labute approximate surface area is 154 Å². The number of aliphatic hydroxyl groups excluding tert-OH is 1.